The Labute approximate surface area is 108 Å². The molecular formula is C15H32N2. The molecule has 2 atom stereocenters. The predicted octanol–water partition coefficient (Wildman–Crippen LogP) is 3.42. The summed E-state index contributed by atoms with van der Waals surface area (Å²) in [6, 6.07) is 2.14. The van der Waals surface area contributed by atoms with Gasteiger partial charge in [-0.3, -0.25) is 4.90 Å². The number of rotatable bonds is 8. The Morgan fingerprint density at radius 2 is 1.94 bits per heavy atom. The molecule has 0 spiro atoms. The van der Waals surface area contributed by atoms with Crippen molar-refractivity contribution in [2.75, 3.05) is 13.1 Å². The SMILES string of the molecule is CCCCCCC(C)NC1CCN(C(C)C)C1. The average Bonchev–Trinajstić information content (AvgIpc) is 2.73. The summed E-state index contributed by atoms with van der Waals surface area (Å²) in [5.74, 6) is 0. The van der Waals surface area contributed by atoms with Crippen LogP contribution in [0.2, 0.25) is 0 Å². The minimum atomic E-state index is 0.698. The number of nitrogens with one attached hydrogen (secondary N) is 1. The van der Waals surface area contributed by atoms with Crippen LogP contribution in [0.5, 0.6) is 0 Å². The zero-order valence-corrected chi connectivity index (χ0v) is 12.3. The maximum Gasteiger partial charge on any atom is 0.0209 e. The maximum atomic E-state index is 3.80. The molecule has 1 saturated heterocycles. The normalized spacial score (nSPS) is 23.5. The van der Waals surface area contributed by atoms with E-state index in [1.807, 2.05) is 0 Å². The molecule has 1 heterocycles. The molecule has 1 rings (SSSR count). The van der Waals surface area contributed by atoms with Gasteiger partial charge in [-0.2, -0.15) is 0 Å². The molecule has 1 fully saturated rings. The highest BCUT2D eigenvalue weighted by Gasteiger charge is 2.24. The third kappa shape index (κ3) is 5.87. The highest BCUT2D eigenvalue weighted by Crippen LogP contribution is 2.14. The van der Waals surface area contributed by atoms with E-state index in [4.69, 9.17) is 0 Å². The van der Waals surface area contributed by atoms with Crippen LogP contribution in [0.15, 0.2) is 0 Å². The zero-order valence-electron chi connectivity index (χ0n) is 12.3. The minimum absolute atomic E-state index is 0.698. The van der Waals surface area contributed by atoms with Crippen LogP contribution in [0.1, 0.15) is 66.2 Å². The van der Waals surface area contributed by atoms with Crippen LogP contribution in [0.25, 0.3) is 0 Å². The number of hydrogen-bond donors (Lipinski definition) is 1. The topological polar surface area (TPSA) is 15.3 Å². The van der Waals surface area contributed by atoms with Gasteiger partial charge < -0.3 is 5.32 Å². The molecule has 2 unspecified atom stereocenters. The minimum Gasteiger partial charge on any atom is -0.310 e. The summed E-state index contributed by atoms with van der Waals surface area (Å²) in [4.78, 5) is 2.58. The molecule has 0 saturated carbocycles. The lowest BCUT2D eigenvalue weighted by Crippen LogP contribution is -2.39. The molecule has 2 nitrogen and oxygen atoms in total. The molecule has 102 valence electrons. The van der Waals surface area contributed by atoms with Crippen molar-refractivity contribution < 1.29 is 0 Å². The van der Waals surface area contributed by atoms with E-state index in [-0.39, 0.29) is 0 Å². The molecule has 0 amide bonds. The van der Waals surface area contributed by atoms with Crippen molar-refractivity contribution in [1.29, 1.82) is 0 Å². The van der Waals surface area contributed by atoms with E-state index in [1.165, 1.54) is 51.6 Å². The standard InChI is InChI=1S/C15H32N2/c1-5-6-7-8-9-14(4)16-15-10-11-17(12-15)13(2)3/h13-16H,5-12H2,1-4H3. The molecule has 0 aromatic heterocycles. The van der Waals surface area contributed by atoms with Crippen molar-refractivity contribution in [1.82, 2.24) is 10.2 Å². The number of likely N-dealkylation sites (tertiary alicyclic amines) is 1. The quantitative estimate of drug-likeness (QED) is 0.654. The number of unbranched alkanes of at least 4 members (excludes halogenated alkanes) is 3. The van der Waals surface area contributed by atoms with Crippen LogP contribution < -0.4 is 5.32 Å². The summed E-state index contributed by atoms with van der Waals surface area (Å²) in [5.41, 5.74) is 0. The van der Waals surface area contributed by atoms with Gasteiger partial charge in [-0.05, 0) is 40.2 Å². The molecule has 0 aliphatic carbocycles. The fourth-order valence-corrected chi connectivity index (χ4v) is 2.76. The van der Waals surface area contributed by atoms with Gasteiger partial charge in [0.1, 0.15) is 0 Å². The van der Waals surface area contributed by atoms with Crippen molar-refractivity contribution in [2.45, 2.75) is 84.3 Å². The van der Waals surface area contributed by atoms with Crippen molar-refractivity contribution in [3.63, 3.8) is 0 Å². The van der Waals surface area contributed by atoms with E-state index in [9.17, 15) is 0 Å². The molecule has 1 aliphatic heterocycles. The summed E-state index contributed by atoms with van der Waals surface area (Å²) >= 11 is 0. The van der Waals surface area contributed by atoms with Gasteiger partial charge in [0.05, 0.1) is 0 Å². The first-order valence-electron chi connectivity index (χ1n) is 7.63. The largest absolute Gasteiger partial charge is 0.310 e. The first-order valence-corrected chi connectivity index (χ1v) is 7.63. The number of hydrogen-bond acceptors (Lipinski definition) is 2. The van der Waals surface area contributed by atoms with Crippen molar-refractivity contribution in [3.05, 3.63) is 0 Å². The fourth-order valence-electron chi connectivity index (χ4n) is 2.76. The highest BCUT2D eigenvalue weighted by molar-refractivity contribution is 4.84. The first-order chi connectivity index (χ1) is 8.13. The van der Waals surface area contributed by atoms with Crippen molar-refractivity contribution in [3.8, 4) is 0 Å². The lowest BCUT2D eigenvalue weighted by atomic mass is 10.1. The molecule has 0 aromatic rings. The number of nitrogens with zero attached hydrogens (tertiary/aromatic N) is 1. The summed E-state index contributed by atoms with van der Waals surface area (Å²) in [6.07, 6.45) is 8.22. The van der Waals surface area contributed by atoms with Gasteiger partial charge in [0.25, 0.3) is 0 Å². The Morgan fingerprint density at radius 3 is 2.53 bits per heavy atom. The van der Waals surface area contributed by atoms with E-state index in [0.29, 0.717) is 12.1 Å². The highest BCUT2D eigenvalue weighted by atomic mass is 15.2. The Hall–Kier alpha value is -0.0800. The molecule has 1 aliphatic rings. The van der Waals surface area contributed by atoms with Gasteiger partial charge in [0.2, 0.25) is 0 Å². The van der Waals surface area contributed by atoms with E-state index < -0.39 is 0 Å². The summed E-state index contributed by atoms with van der Waals surface area (Å²) in [5, 5.41) is 3.80. The lowest BCUT2D eigenvalue weighted by Gasteiger charge is -2.22. The summed E-state index contributed by atoms with van der Waals surface area (Å²) in [6.45, 7) is 11.8. The maximum absolute atomic E-state index is 3.80. The summed E-state index contributed by atoms with van der Waals surface area (Å²) in [7, 11) is 0. The molecule has 1 N–H and O–H groups in total. The van der Waals surface area contributed by atoms with Crippen molar-refractivity contribution in [2.24, 2.45) is 0 Å². The zero-order chi connectivity index (χ0) is 12.7. The Bertz CT molecular complexity index is 191. The first kappa shape index (κ1) is 15.0. The Balaban J connectivity index is 2.08. The van der Waals surface area contributed by atoms with E-state index in [1.54, 1.807) is 0 Å². The molecule has 0 aromatic carbocycles. The molecule has 0 bridgehead atoms. The van der Waals surface area contributed by atoms with E-state index in [0.717, 1.165) is 6.04 Å². The van der Waals surface area contributed by atoms with Crippen LogP contribution in [0.3, 0.4) is 0 Å². The van der Waals surface area contributed by atoms with Crippen LogP contribution in [0.4, 0.5) is 0 Å². The smallest absolute Gasteiger partial charge is 0.0209 e. The van der Waals surface area contributed by atoms with E-state index in [2.05, 4.69) is 37.9 Å². The van der Waals surface area contributed by atoms with E-state index >= 15 is 0 Å². The van der Waals surface area contributed by atoms with Crippen LogP contribution >= 0.6 is 0 Å². The van der Waals surface area contributed by atoms with Crippen LogP contribution in [0, 0.1) is 0 Å². The lowest BCUT2D eigenvalue weighted by molar-refractivity contribution is 0.265. The molecule has 17 heavy (non-hydrogen) atoms. The summed E-state index contributed by atoms with van der Waals surface area (Å²) < 4.78 is 0. The molecule has 2 heteroatoms. The van der Waals surface area contributed by atoms with Gasteiger partial charge in [-0.15, -0.1) is 0 Å². The van der Waals surface area contributed by atoms with Crippen LogP contribution in [-0.2, 0) is 0 Å². The molecule has 0 radical (unpaired) electrons. The Kier molecular flexibility index (Phi) is 7.14. The van der Waals surface area contributed by atoms with Gasteiger partial charge in [0, 0.05) is 24.7 Å². The average molecular weight is 240 g/mol. The van der Waals surface area contributed by atoms with Gasteiger partial charge in [-0.1, -0.05) is 32.6 Å². The second kappa shape index (κ2) is 8.10. The van der Waals surface area contributed by atoms with Gasteiger partial charge in [0.15, 0.2) is 0 Å². The monoisotopic (exact) mass is 240 g/mol. The second-order valence-electron chi connectivity index (χ2n) is 5.99. The van der Waals surface area contributed by atoms with Gasteiger partial charge >= 0.3 is 0 Å². The van der Waals surface area contributed by atoms with Crippen LogP contribution in [-0.4, -0.2) is 36.1 Å². The third-order valence-electron chi connectivity index (χ3n) is 3.96. The Morgan fingerprint density at radius 1 is 1.18 bits per heavy atom. The molecular weight excluding hydrogens is 208 g/mol. The predicted molar refractivity (Wildman–Crippen MR) is 76.5 cm³/mol. The fraction of sp³-hybridized carbons (Fsp3) is 1.00. The third-order valence-corrected chi connectivity index (χ3v) is 3.96. The second-order valence-corrected chi connectivity index (χ2v) is 5.99. The van der Waals surface area contributed by atoms with Crippen molar-refractivity contribution >= 4 is 0 Å². The van der Waals surface area contributed by atoms with Gasteiger partial charge in [-0.25, -0.2) is 0 Å².